The van der Waals surface area contributed by atoms with Gasteiger partial charge in [-0.05, 0) is 73.7 Å². The molecule has 0 unspecified atom stereocenters. The number of aryl methyl sites for hydroxylation is 2. The molecule has 1 N–H and O–H groups in total. The molecular formula is C27H31ClN2O4S. The lowest BCUT2D eigenvalue weighted by Gasteiger charge is -2.25. The van der Waals surface area contributed by atoms with Gasteiger partial charge in [0.1, 0.15) is 12.3 Å². The zero-order valence-electron chi connectivity index (χ0n) is 20.0. The minimum Gasteiger partial charge on any atom is -0.493 e. The molecule has 3 aromatic carbocycles. The first-order valence-electron chi connectivity index (χ1n) is 11.6. The maximum atomic E-state index is 13.4. The van der Waals surface area contributed by atoms with Gasteiger partial charge in [-0.25, -0.2) is 8.42 Å². The molecule has 186 valence electrons. The molecule has 0 aliphatic carbocycles. The molecule has 0 aromatic heterocycles. The zero-order chi connectivity index (χ0) is 25.3. The Morgan fingerprint density at radius 2 is 1.74 bits per heavy atom. The summed E-state index contributed by atoms with van der Waals surface area (Å²) in [6.45, 7) is 4.56. The zero-order valence-corrected chi connectivity index (χ0v) is 21.6. The van der Waals surface area contributed by atoms with Gasteiger partial charge in [0.15, 0.2) is 0 Å². The number of amides is 1. The van der Waals surface area contributed by atoms with E-state index in [-0.39, 0.29) is 17.3 Å². The minimum atomic E-state index is -3.96. The molecule has 0 atom stereocenters. The Labute approximate surface area is 212 Å². The van der Waals surface area contributed by atoms with E-state index in [1.54, 1.807) is 43.3 Å². The molecule has 3 rings (SSSR count). The fourth-order valence-corrected chi connectivity index (χ4v) is 5.41. The van der Waals surface area contributed by atoms with Crippen LogP contribution in [0, 0.1) is 6.92 Å². The minimum absolute atomic E-state index is 0.117. The first-order chi connectivity index (χ1) is 16.8. The molecule has 1 amide bonds. The largest absolute Gasteiger partial charge is 0.493 e. The van der Waals surface area contributed by atoms with Gasteiger partial charge in [-0.15, -0.1) is 0 Å². The van der Waals surface area contributed by atoms with Gasteiger partial charge in [0.05, 0.1) is 17.2 Å². The third-order valence-corrected chi connectivity index (χ3v) is 7.43. The molecule has 0 saturated carbocycles. The van der Waals surface area contributed by atoms with Crippen molar-refractivity contribution in [2.24, 2.45) is 0 Å². The molecule has 0 saturated heterocycles. The van der Waals surface area contributed by atoms with Crippen LogP contribution in [0.2, 0.25) is 5.02 Å². The molecule has 8 heteroatoms. The smallest absolute Gasteiger partial charge is 0.264 e. The first kappa shape index (κ1) is 26.6. The molecular weight excluding hydrogens is 484 g/mol. The quantitative estimate of drug-likeness (QED) is 0.329. The molecule has 35 heavy (non-hydrogen) atoms. The molecule has 0 heterocycles. The van der Waals surface area contributed by atoms with Crippen LogP contribution in [-0.2, 0) is 21.2 Å². The van der Waals surface area contributed by atoms with Crippen molar-refractivity contribution < 1.29 is 17.9 Å². The SMILES string of the molecule is CCCOc1ccccc1CCCNC(=O)CN(c1ccc(Cl)cc1C)S(=O)(=O)c1ccccc1. The van der Waals surface area contributed by atoms with Gasteiger partial charge < -0.3 is 10.1 Å². The Bertz CT molecular complexity index is 1230. The predicted molar refractivity (Wildman–Crippen MR) is 141 cm³/mol. The standard InChI is InChI=1S/C27H31ClN2O4S/c1-3-18-34-26-14-8-7-10-22(26)11-9-17-29-27(31)20-30(25-16-15-23(28)19-21(25)2)35(32,33)24-12-5-4-6-13-24/h4-8,10,12-16,19H,3,9,11,17-18,20H2,1-2H3,(H,29,31). The van der Waals surface area contributed by atoms with Crippen LogP contribution in [-0.4, -0.2) is 34.0 Å². The highest BCUT2D eigenvalue weighted by molar-refractivity contribution is 7.92. The van der Waals surface area contributed by atoms with Crippen molar-refractivity contribution in [2.45, 2.75) is 38.0 Å². The van der Waals surface area contributed by atoms with E-state index in [0.29, 0.717) is 35.8 Å². The summed E-state index contributed by atoms with van der Waals surface area (Å²) < 4.78 is 33.8. The normalized spacial score (nSPS) is 11.2. The molecule has 0 aliphatic heterocycles. The van der Waals surface area contributed by atoms with E-state index >= 15 is 0 Å². The predicted octanol–water partition coefficient (Wildman–Crippen LogP) is 5.38. The molecule has 0 bridgehead atoms. The summed E-state index contributed by atoms with van der Waals surface area (Å²) in [5.41, 5.74) is 2.16. The number of para-hydroxylation sites is 1. The molecule has 0 radical (unpaired) electrons. The molecule has 0 aliphatic rings. The monoisotopic (exact) mass is 514 g/mol. The number of carbonyl (C=O) groups is 1. The van der Waals surface area contributed by atoms with Crippen LogP contribution in [0.3, 0.4) is 0 Å². The van der Waals surface area contributed by atoms with Gasteiger partial charge >= 0.3 is 0 Å². The average molecular weight is 515 g/mol. The Hall–Kier alpha value is -3.03. The van der Waals surface area contributed by atoms with Crippen molar-refractivity contribution in [3.63, 3.8) is 0 Å². The summed E-state index contributed by atoms with van der Waals surface area (Å²) in [4.78, 5) is 13.0. The van der Waals surface area contributed by atoms with Crippen molar-refractivity contribution in [1.29, 1.82) is 0 Å². The second-order valence-corrected chi connectivity index (χ2v) is 10.5. The summed E-state index contributed by atoms with van der Waals surface area (Å²) in [5, 5.41) is 3.35. The van der Waals surface area contributed by atoms with Gasteiger partial charge in [0.25, 0.3) is 10.0 Å². The number of benzene rings is 3. The summed E-state index contributed by atoms with van der Waals surface area (Å²) in [6.07, 6.45) is 2.37. The van der Waals surface area contributed by atoms with E-state index in [2.05, 4.69) is 12.2 Å². The number of nitrogens with one attached hydrogen (secondary N) is 1. The molecule has 6 nitrogen and oxygen atoms in total. The Morgan fingerprint density at radius 3 is 2.46 bits per heavy atom. The number of hydrogen-bond acceptors (Lipinski definition) is 4. The lowest BCUT2D eigenvalue weighted by molar-refractivity contribution is -0.119. The Morgan fingerprint density at radius 1 is 1.03 bits per heavy atom. The van der Waals surface area contributed by atoms with Crippen molar-refractivity contribution in [3.8, 4) is 5.75 Å². The summed E-state index contributed by atoms with van der Waals surface area (Å²) in [7, 11) is -3.96. The molecule has 3 aromatic rings. The number of rotatable bonds is 12. The highest BCUT2D eigenvalue weighted by Gasteiger charge is 2.28. The number of nitrogens with zero attached hydrogens (tertiary/aromatic N) is 1. The van der Waals surface area contributed by atoms with Crippen LogP contribution in [0.25, 0.3) is 0 Å². The maximum absolute atomic E-state index is 13.4. The van der Waals surface area contributed by atoms with E-state index in [4.69, 9.17) is 16.3 Å². The second kappa shape index (κ2) is 12.6. The fourth-order valence-electron chi connectivity index (χ4n) is 3.67. The third-order valence-electron chi connectivity index (χ3n) is 5.43. The van der Waals surface area contributed by atoms with Crippen molar-refractivity contribution >= 4 is 33.2 Å². The van der Waals surface area contributed by atoms with Crippen LogP contribution in [0.1, 0.15) is 30.9 Å². The number of halogens is 1. The summed E-state index contributed by atoms with van der Waals surface area (Å²) >= 11 is 6.08. The lowest BCUT2D eigenvalue weighted by Crippen LogP contribution is -2.41. The summed E-state index contributed by atoms with van der Waals surface area (Å²) in [6, 6.07) is 20.9. The highest BCUT2D eigenvalue weighted by Crippen LogP contribution is 2.28. The Balaban J connectivity index is 1.69. The van der Waals surface area contributed by atoms with Crippen molar-refractivity contribution in [1.82, 2.24) is 5.32 Å². The van der Waals surface area contributed by atoms with Crippen LogP contribution in [0.5, 0.6) is 5.75 Å². The maximum Gasteiger partial charge on any atom is 0.264 e. The fraction of sp³-hybridized carbons (Fsp3) is 0.296. The van der Waals surface area contributed by atoms with Crippen molar-refractivity contribution in [3.05, 3.63) is 88.9 Å². The average Bonchev–Trinajstić information content (AvgIpc) is 2.85. The van der Waals surface area contributed by atoms with E-state index in [1.165, 1.54) is 12.1 Å². The second-order valence-electron chi connectivity index (χ2n) is 8.17. The van der Waals surface area contributed by atoms with E-state index in [0.717, 1.165) is 28.5 Å². The number of carbonyl (C=O) groups excluding carboxylic acids is 1. The van der Waals surface area contributed by atoms with Gasteiger partial charge in [0, 0.05) is 11.6 Å². The topological polar surface area (TPSA) is 75.7 Å². The third kappa shape index (κ3) is 7.23. The van der Waals surface area contributed by atoms with E-state index < -0.39 is 10.0 Å². The van der Waals surface area contributed by atoms with E-state index in [9.17, 15) is 13.2 Å². The molecule has 0 spiro atoms. The number of ether oxygens (including phenoxy) is 1. The lowest BCUT2D eigenvalue weighted by atomic mass is 10.1. The highest BCUT2D eigenvalue weighted by atomic mass is 35.5. The number of anilines is 1. The van der Waals surface area contributed by atoms with Crippen LogP contribution in [0.15, 0.2) is 77.7 Å². The first-order valence-corrected chi connectivity index (χ1v) is 13.5. The number of sulfonamides is 1. The van der Waals surface area contributed by atoms with Gasteiger partial charge in [0.2, 0.25) is 5.91 Å². The van der Waals surface area contributed by atoms with Crippen LogP contribution < -0.4 is 14.4 Å². The van der Waals surface area contributed by atoms with Crippen LogP contribution >= 0.6 is 11.6 Å². The molecule has 0 fully saturated rings. The Kier molecular flexibility index (Phi) is 9.57. The van der Waals surface area contributed by atoms with Gasteiger partial charge in [-0.1, -0.05) is 54.9 Å². The van der Waals surface area contributed by atoms with Gasteiger partial charge in [-0.3, -0.25) is 9.10 Å². The van der Waals surface area contributed by atoms with Gasteiger partial charge in [-0.2, -0.15) is 0 Å². The van der Waals surface area contributed by atoms with Crippen molar-refractivity contribution in [2.75, 3.05) is 24.0 Å². The number of hydrogen-bond donors (Lipinski definition) is 1. The summed E-state index contributed by atoms with van der Waals surface area (Å²) in [5.74, 6) is 0.480. The van der Waals surface area contributed by atoms with Crippen LogP contribution in [0.4, 0.5) is 5.69 Å². The van der Waals surface area contributed by atoms with E-state index in [1.807, 2.05) is 24.3 Å².